The van der Waals surface area contributed by atoms with Gasteiger partial charge in [0.2, 0.25) is 5.91 Å². The molecule has 0 aliphatic carbocycles. The average molecular weight is 318 g/mol. The number of sulfone groups is 1. The number of hydrogen-bond donors (Lipinski definition) is 0. The third kappa shape index (κ3) is 4.40. The molecule has 122 valence electrons. The predicted octanol–water partition coefficient (Wildman–Crippen LogP) is -0.00970. The maximum Gasteiger partial charge on any atom is 0.237 e. The molecule has 2 aliphatic heterocycles. The number of nitrogens with zero attached hydrogens (tertiary/aromatic N) is 2. The van der Waals surface area contributed by atoms with Crippen molar-refractivity contribution < 1.29 is 17.9 Å². The average Bonchev–Trinajstić information content (AvgIpc) is 2.81. The van der Waals surface area contributed by atoms with Crippen LogP contribution in [0.5, 0.6) is 0 Å². The zero-order chi connectivity index (χ0) is 15.5. The van der Waals surface area contributed by atoms with E-state index in [4.69, 9.17) is 4.74 Å². The SMILES string of the molecule is CCCS(=O)(=O)CC(=O)N1C[C@@H](N2CCOCC2)[C@@H](C)C1. The van der Waals surface area contributed by atoms with Gasteiger partial charge in [0.05, 0.1) is 19.0 Å². The van der Waals surface area contributed by atoms with Crippen LogP contribution in [0.25, 0.3) is 0 Å². The Labute approximate surface area is 127 Å². The molecular formula is C14H26N2O4S. The van der Waals surface area contributed by atoms with Crippen LogP contribution in [0.4, 0.5) is 0 Å². The maximum absolute atomic E-state index is 12.2. The van der Waals surface area contributed by atoms with Crippen molar-refractivity contribution >= 4 is 15.7 Å². The summed E-state index contributed by atoms with van der Waals surface area (Å²) >= 11 is 0. The Morgan fingerprint density at radius 3 is 2.52 bits per heavy atom. The van der Waals surface area contributed by atoms with Crippen molar-refractivity contribution in [2.75, 3.05) is 50.9 Å². The van der Waals surface area contributed by atoms with Crippen LogP contribution in [0.1, 0.15) is 20.3 Å². The third-order valence-electron chi connectivity index (χ3n) is 4.30. The van der Waals surface area contributed by atoms with Gasteiger partial charge in [0.25, 0.3) is 0 Å². The number of amides is 1. The van der Waals surface area contributed by atoms with E-state index in [-0.39, 0.29) is 17.4 Å². The molecule has 0 saturated carbocycles. The molecule has 0 radical (unpaired) electrons. The Morgan fingerprint density at radius 2 is 1.90 bits per heavy atom. The van der Waals surface area contributed by atoms with Gasteiger partial charge in [0.1, 0.15) is 5.75 Å². The number of rotatable bonds is 5. The lowest BCUT2D eigenvalue weighted by atomic mass is 10.0. The van der Waals surface area contributed by atoms with E-state index in [1.165, 1.54) is 0 Å². The second kappa shape index (κ2) is 7.07. The van der Waals surface area contributed by atoms with Gasteiger partial charge in [0.15, 0.2) is 9.84 Å². The minimum absolute atomic E-state index is 0.0923. The highest BCUT2D eigenvalue weighted by Gasteiger charge is 2.37. The highest BCUT2D eigenvalue weighted by atomic mass is 32.2. The van der Waals surface area contributed by atoms with Crippen LogP contribution in [0.15, 0.2) is 0 Å². The molecule has 0 aromatic rings. The standard InChI is InChI=1S/C14H26N2O4S/c1-3-8-21(18,19)11-14(17)16-9-12(2)13(10-16)15-4-6-20-7-5-15/h12-13H,3-11H2,1-2H3/t12-,13+/m0/s1. The fourth-order valence-corrected chi connectivity index (χ4v) is 4.53. The topological polar surface area (TPSA) is 66.9 Å². The maximum atomic E-state index is 12.2. The van der Waals surface area contributed by atoms with E-state index in [0.717, 1.165) is 26.3 Å². The van der Waals surface area contributed by atoms with E-state index >= 15 is 0 Å². The van der Waals surface area contributed by atoms with Crippen molar-refractivity contribution in [1.82, 2.24) is 9.80 Å². The molecule has 2 aliphatic rings. The number of ether oxygens (including phenoxy) is 1. The summed E-state index contributed by atoms with van der Waals surface area (Å²) in [6.45, 7) is 8.51. The number of carbonyl (C=O) groups excluding carboxylic acids is 1. The zero-order valence-electron chi connectivity index (χ0n) is 13.0. The number of morpholine rings is 1. The predicted molar refractivity (Wildman–Crippen MR) is 80.9 cm³/mol. The second-order valence-corrected chi connectivity index (χ2v) is 8.27. The van der Waals surface area contributed by atoms with Gasteiger partial charge in [-0.2, -0.15) is 0 Å². The lowest BCUT2D eigenvalue weighted by molar-refractivity contribution is -0.127. The molecule has 0 unspecified atom stereocenters. The zero-order valence-corrected chi connectivity index (χ0v) is 13.8. The fourth-order valence-electron chi connectivity index (χ4n) is 3.20. The second-order valence-electron chi connectivity index (χ2n) is 6.08. The summed E-state index contributed by atoms with van der Waals surface area (Å²) < 4.78 is 28.9. The summed E-state index contributed by atoms with van der Waals surface area (Å²) in [6, 6.07) is 0.326. The number of hydrogen-bond acceptors (Lipinski definition) is 5. The molecule has 2 saturated heterocycles. The van der Waals surface area contributed by atoms with Crippen molar-refractivity contribution in [3.8, 4) is 0 Å². The summed E-state index contributed by atoms with van der Waals surface area (Å²) in [6.07, 6.45) is 0.558. The normalized spacial score (nSPS) is 28.0. The molecule has 1 amide bonds. The molecule has 0 N–H and O–H groups in total. The van der Waals surface area contributed by atoms with Crippen LogP contribution in [-0.4, -0.2) is 81.1 Å². The van der Waals surface area contributed by atoms with E-state index < -0.39 is 9.84 Å². The largest absolute Gasteiger partial charge is 0.379 e. The minimum Gasteiger partial charge on any atom is -0.379 e. The minimum atomic E-state index is -3.25. The van der Waals surface area contributed by atoms with Gasteiger partial charge >= 0.3 is 0 Å². The molecule has 2 atom stereocenters. The lowest BCUT2D eigenvalue weighted by Gasteiger charge is -2.33. The molecule has 0 spiro atoms. The van der Waals surface area contributed by atoms with Crippen LogP contribution >= 0.6 is 0 Å². The van der Waals surface area contributed by atoms with Gasteiger partial charge in [-0.05, 0) is 12.3 Å². The van der Waals surface area contributed by atoms with E-state index in [1.807, 2.05) is 6.92 Å². The summed E-state index contributed by atoms with van der Waals surface area (Å²) in [5.41, 5.74) is 0. The molecule has 0 aromatic heterocycles. The van der Waals surface area contributed by atoms with Gasteiger partial charge in [-0.15, -0.1) is 0 Å². The van der Waals surface area contributed by atoms with Crippen LogP contribution < -0.4 is 0 Å². The van der Waals surface area contributed by atoms with Gasteiger partial charge in [-0.25, -0.2) is 8.42 Å². The van der Waals surface area contributed by atoms with Gasteiger partial charge in [-0.1, -0.05) is 13.8 Å². The van der Waals surface area contributed by atoms with Gasteiger partial charge in [-0.3, -0.25) is 9.69 Å². The Hall–Kier alpha value is -0.660. The van der Waals surface area contributed by atoms with Crippen molar-refractivity contribution in [3.63, 3.8) is 0 Å². The molecule has 2 fully saturated rings. The Morgan fingerprint density at radius 1 is 1.24 bits per heavy atom. The summed E-state index contributed by atoms with van der Waals surface area (Å²) in [5, 5.41) is 0. The van der Waals surface area contributed by atoms with Gasteiger partial charge in [0, 0.05) is 32.2 Å². The van der Waals surface area contributed by atoms with E-state index in [2.05, 4.69) is 11.8 Å². The van der Waals surface area contributed by atoms with Crippen molar-refractivity contribution in [1.29, 1.82) is 0 Å². The first kappa shape index (κ1) is 16.7. The van der Waals surface area contributed by atoms with Crippen LogP contribution in [0.2, 0.25) is 0 Å². The lowest BCUT2D eigenvalue weighted by Crippen LogP contribution is -2.47. The summed E-state index contributed by atoms with van der Waals surface area (Å²) in [4.78, 5) is 16.3. The highest BCUT2D eigenvalue weighted by Crippen LogP contribution is 2.23. The Kier molecular flexibility index (Phi) is 5.62. The smallest absolute Gasteiger partial charge is 0.237 e. The highest BCUT2D eigenvalue weighted by molar-refractivity contribution is 7.92. The Balaban J connectivity index is 1.92. The molecule has 2 heterocycles. The van der Waals surface area contributed by atoms with Crippen LogP contribution in [-0.2, 0) is 19.4 Å². The van der Waals surface area contributed by atoms with E-state index in [0.29, 0.717) is 31.5 Å². The number of likely N-dealkylation sites (tertiary alicyclic amines) is 1. The molecule has 2 rings (SSSR count). The molecular weight excluding hydrogens is 292 g/mol. The van der Waals surface area contributed by atoms with Crippen molar-refractivity contribution in [2.45, 2.75) is 26.3 Å². The first-order chi connectivity index (χ1) is 9.93. The number of carbonyl (C=O) groups is 1. The first-order valence-corrected chi connectivity index (χ1v) is 9.55. The summed E-state index contributed by atoms with van der Waals surface area (Å²) in [5.74, 6) is -0.120. The molecule has 0 aromatic carbocycles. The first-order valence-electron chi connectivity index (χ1n) is 7.73. The van der Waals surface area contributed by atoms with Crippen molar-refractivity contribution in [3.05, 3.63) is 0 Å². The van der Waals surface area contributed by atoms with Crippen molar-refractivity contribution in [2.24, 2.45) is 5.92 Å². The Bertz CT molecular complexity index is 460. The summed E-state index contributed by atoms with van der Waals surface area (Å²) in [7, 11) is -3.25. The molecule has 0 bridgehead atoms. The fraction of sp³-hybridized carbons (Fsp3) is 0.929. The van der Waals surface area contributed by atoms with Crippen LogP contribution in [0, 0.1) is 5.92 Å². The van der Waals surface area contributed by atoms with E-state index in [1.54, 1.807) is 4.90 Å². The monoisotopic (exact) mass is 318 g/mol. The third-order valence-corrected chi connectivity index (χ3v) is 6.02. The van der Waals surface area contributed by atoms with E-state index in [9.17, 15) is 13.2 Å². The quantitative estimate of drug-likeness (QED) is 0.713. The van der Waals surface area contributed by atoms with Gasteiger partial charge < -0.3 is 9.64 Å². The molecule has 21 heavy (non-hydrogen) atoms. The molecule has 6 nitrogen and oxygen atoms in total. The molecule has 7 heteroatoms. The van der Waals surface area contributed by atoms with Crippen LogP contribution in [0.3, 0.4) is 0 Å².